The number of rotatable bonds is 2. The van der Waals surface area contributed by atoms with Gasteiger partial charge in [0.15, 0.2) is 0 Å². The van der Waals surface area contributed by atoms with Gasteiger partial charge in [-0.15, -0.1) is 24.8 Å². The highest BCUT2D eigenvalue weighted by Gasteiger charge is 2.35. The number of nitrogens with two attached hydrogens (primary N) is 1. The molecule has 1 aromatic heterocycles. The van der Waals surface area contributed by atoms with E-state index < -0.39 is 0 Å². The molecule has 1 atom stereocenters. The van der Waals surface area contributed by atoms with Crippen molar-refractivity contribution < 1.29 is 4.79 Å². The van der Waals surface area contributed by atoms with Gasteiger partial charge in [-0.3, -0.25) is 9.78 Å². The highest BCUT2D eigenvalue weighted by molar-refractivity contribution is 5.94. The zero-order chi connectivity index (χ0) is 14.2. The van der Waals surface area contributed by atoms with E-state index in [1.807, 2.05) is 29.2 Å². The summed E-state index contributed by atoms with van der Waals surface area (Å²) in [6, 6.07) is 7.56. The van der Waals surface area contributed by atoms with Gasteiger partial charge < -0.3 is 10.6 Å². The van der Waals surface area contributed by atoms with Crippen LogP contribution in [0.4, 0.5) is 0 Å². The first-order valence-corrected chi connectivity index (χ1v) is 6.82. The Morgan fingerprint density at radius 1 is 1.32 bits per heavy atom. The van der Waals surface area contributed by atoms with Crippen molar-refractivity contribution in [3.05, 3.63) is 36.2 Å². The van der Waals surface area contributed by atoms with Crippen molar-refractivity contribution in [2.75, 3.05) is 19.6 Å². The summed E-state index contributed by atoms with van der Waals surface area (Å²) in [6.45, 7) is 4.14. The monoisotopic (exact) mass is 342 g/mol. The van der Waals surface area contributed by atoms with E-state index in [9.17, 15) is 4.79 Å². The van der Waals surface area contributed by atoms with Crippen LogP contribution in [0.25, 0.3) is 11.0 Å². The molecule has 3 rings (SSSR count). The standard InChI is InChI=1S/C15H18N4O.2ClH/c1-15(9-16)6-7-19(10-15)14(20)13-8-17-11-4-2-3-5-12(11)18-13;;/h2-5,8H,6-7,9-10,16H2,1H3;2*1H. The van der Waals surface area contributed by atoms with Crippen LogP contribution in [0.1, 0.15) is 23.8 Å². The number of nitrogens with zero attached hydrogens (tertiary/aromatic N) is 3. The van der Waals surface area contributed by atoms with E-state index in [4.69, 9.17) is 5.73 Å². The predicted octanol–water partition coefficient (Wildman–Crippen LogP) is 2.28. The Kier molecular flexibility index (Phi) is 6.11. The normalized spacial score (nSPS) is 20.4. The molecule has 2 aromatic rings. The quantitative estimate of drug-likeness (QED) is 0.908. The van der Waals surface area contributed by atoms with Gasteiger partial charge in [-0.2, -0.15) is 0 Å². The van der Waals surface area contributed by atoms with Crippen LogP contribution in [0.15, 0.2) is 30.5 Å². The molecule has 5 nitrogen and oxygen atoms in total. The molecule has 1 saturated heterocycles. The molecule has 1 unspecified atom stereocenters. The Hall–Kier alpha value is -1.43. The SMILES string of the molecule is CC1(CN)CCN(C(=O)c2cnc3ccccc3n2)C1.Cl.Cl. The zero-order valence-electron chi connectivity index (χ0n) is 12.4. The molecule has 1 aliphatic rings. The lowest BCUT2D eigenvalue weighted by Gasteiger charge is -2.22. The van der Waals surface area contributed by atoms with Gasteiger partial charge in [-0.1, -0.05) is 19.1 Å². The number of benzene rings is 1. The molecule has 1 aliphatic heterocycles. The number of carbonyl (C=O) groups is 1. The molecule has 2 N–H and O–H groups in total. The first kappa shape index (κ1) is 18.6. The number of hydrogen-bond acceptors (Lipinski definition) is 4. The minimum atomic E-state index is -0.0552. The molecule has 2 heterocycles. The predicted molar refractivity (Wildman–Crippen MR) is 91.7 cm³/mol. The Morgan fingerprint density at radius 2 is 2.00 bits per heavy atom. The molecular formula is C15H20Cl2N4O. The maximum absolute atomic E-state index is 12.5. The molecule has 1 fully saturated rings. The summed E-state index contributed by atoms with van der Waals surface area (Å²) in [4.78, 5) is 23.0. The van der Waals surface area contributed by atoms with E-state index in [-0.39, 0.29) is 36.1 Å². The Labute approximate surface area is 142 Å². The molecule has 0 saturated carbocycles. The van der Waals surface area contributed by atoms with Crippen molar-refractivity contribution in [2.45, 2.75) is 13.3 Å². The summed E-state index contributed by atoms with van der Waals surface area (Å²) in [7, 11) is 0. The number of halogens is 2. The van der Waals surface area contributed by atoms with Crippen LogP contribution in [0.3, 0.4) is 0 Å². The van der Waals surface area contributed by atoms with Crippen molar-refractivity contribution in [3.63, 3.8) is 0 Å². The second-order valence-electron chi connectivity index (χ2n) is 5.74. The summed E-state index contributed by atoms with van der Waals surface area (Å²) in [6.07, 6.45) is 2.50. The lowest BCUT2D eigenvalue weighted by atomic mass is 9.90. The number of hydrogen-bond donors (Lipinski definition) is 1. The van der Waals surface area contributed by atoms with Crippen molar-refractivity contribution in [2.24, 2.45) is 11.1 Å². The molecule has 22 heavy (non-hydrogen) atoms. The third kappa shape index (κ3) is 3.48. The highest BCUT2D eigenvalue weighted by Crippen LogP contribution is 2.29. The molecule has 1 aromatic carbocycles. The zero-order valence-corrected chi connectivity index (χ0v) is 14.0. The maximum atomic E-state index is 12.5. The number of carbonyl (C=O) groups excluding carboxylic acids is 1. The molecule has 7 heteroatoms. The van der Waals surface area contributed by atoms with Crippen LogP contribution in [0.5, 0.6) is 0 Å². The van der Waals surface area contributed by atoms with Gasteiger partial charge in [0.2, 0.25) is 0 Å². The van der Waals surface area contributed by atoms with Crippen molar-refractivity contribution >= 4 is 41.8 Å². The fraction of sp³-hybridized carbons (Fsp3) is 0.400. The smallest absolute Gasteiger partial charge is 0.274 e. The van der Waals surface area contributed by atoms with Gasteiger partial charge in [-0.05, 0) is 30.5 Å². The van der Waals surface area contributed by atoms with Gasteiger partial charge in [0.25, 0.3) is 5.91 Å². The Morgan fingerprint density at radius 3 is 2.64 bits per heavy atom. The summed E-state index contributed by atoms with van der Waals surface area (Å²) in [5.41, 5.74) is 7.76. The van der Waals surface area contributed by atoms with E-state index in [0.29, 0.717) is 18.8 Å². The fourth-order valence-corrected chi connectivity index (χ4v) is 2.59. The van der Waals surface area contributed by atoms with Gasteiger partial charge in [-0.25, -0.2) is 4.98 Å². The van der Waals surface area contributed by atoms with E-state index in [2.05, 4.69) is 16.9 Å². The van der Waals surface area contributed by atoms with Crippen LogP contribution in [-0.2, 0) is 0 Å². The van der Waals surface area contributed by atoms with Crippen molar-refractivity contribution in [1.29, 1.82) is 0 Å². The third-order valence-corrected chi connectivity index (χ3v) is 4.01. The molecule has 1 amide bonds. The Bertz CT molecular complexity index is 667. The molecule has 120 valence electrons. The highest BCUT2D eigenvalue weighted by atomic mass is 35.5. The van der Waals surface area contributed by atoms with Crippen molar-refractivity contribution in [3.8, 4) is 0 Å². The largest absolute Gasteiger partial charge is 0.337 e. The van der Waals surface area contributed by atoms with Crippen LogP contribution < -0.4 is 5.73 Å². The van der Waals surface area contributed by atoms with Crippen molar-refractivity contribution in [1.82, 2.24) is 14.9 Å². The summed E-state index contributed by atoms with van der Waals surface area (Å²) in [5, 5.41) is 0. The van der Waals surface area contributed by atoms with E-state index in [1.54, 1.807) is 6.20 Å². The molecule has 0 bridgehead atoms. The van der Waals surface area contributed by atoms with Crippen LogP contribution in [0, 0.1) is 5.41 Å². The number of likely N-dealkylation sites (tertiary alicyclic amines) is 1. The van der Waals surface area contributed by atoms with Gasteiger partial charge in [0, 0.05) is 13.1 Å². The van der Waals surface area contributed by atoms with E-state index in [0.717, 1.165) is 24.0 Å². The van der Waals surface area contributed by atoms with E-state index in [1.165, 1.54) is 0 Å². The number of fused-ring (bicyclic) bond motifs is 1. The Balaban J connectivity index is 0.00000121. The molecule has 0 radical (unpaired) electrons. The minimum absolute atomic E-state index is 0. The fourth-order valence-electron chi connectivity index (χ4n) is 2.59. The third-order valence-electron chi connectivity index (χ3n) is 4.01. The molecular weight excluding hydrogens is 323 g/mol. The number of aromatic nitrogens is 2. The second kappa shape index (κ2) is 7.22. The van der Waals surface area contributed by atoms with Crippen LogP contribution in [0.2, 0.25) is 0 Å². The summed E-state index contributed by atoms with van der Waals surface area (Å²) in [5.74, 6) is -0.0552. The topological polar surface area (TPSA) is 72.1 Å². The second-order valence-corrected chi connectivity index (χ2v) is 5.74. The lowest BCUT2D eigenvalue weighted by molar-refractivity contribution is 0.0771. The van der Waals surface area contributed by atoms with Crippen LogP contribution in [-0.4, -0.2) is 40.4 Å². The van der Waals surface area contributed by atoms with E-state index >= 15 is 0 Å². The average molecular weight is 343 g/mol. The number of amides is 1. The van der Waals surface area contributed by atoms with Gasteiger partial charge >= 0.3 is 0 Å². The first-order valence-electron chi connectivity index (χ1n) is 6.82. The maximum Gasteiger partial charge on any atom is 0.274 e. The van der Waals surface area contributed by atoms with Gasteiger partial charge in [0.05, 0.1) is 17.2 Å². The summed E-state index contributed by atoms with van der Waals surface area (Å²) < 4.78 is 0. The lowest BCUT2D eigenvalue weighted by Crippen LogP contribution is -2.34. The summed E-state index contributed by atoms with van der Waals surface area (Å²) >= 11 is 0. The number of para-hydroxylation sites is 2. The van der Waals surface area contributed by atoms with Gasteiger partial charge in [0.1, 0.15) is 5.69 Å². The molecule has 0 aliphatic carbocycles. The molecule has 0 spiro atoms. The minimum Gasteiger partial charge on any atom is -0.337 e. The van der Waals surface area contributed by atoms with Crippen LogP contribution >= 0.6 is 24.8 Å². The average Bonchev–Trinajstić information content (AvgIpc) is 2.89. The first-order chi connectivity index (χ1) is 9.61.